The van der Waals surface area contributed by atoms with E-state index >= 15 is 0 Å². The maximum atomic E-state index is 12.5. The third kappa shape index (κ3) is 5.24. The van der Waals surface area contributed by atoms with Crippen molar-refractivity contribution in [2.45, 2.75) is 29.5 Å². The summed E-state index contributed by atoms with van der Waals surface area (Å²) in [6.45, 7) is 1.93. The molecule has 124 valence electrons. The van der Waals surface area contributed by atoms with E-state index in [1.54, 1.807) is 23.1 Å². The first-order valence-electron chi connectivity index (χ1n) is 7.59. The van der Waals surface area contributed by atoms with Crippen LogP contribution >= 0.6 is 35.5 Å². The molecule has 6 heteroatoms. The summed E-state index contributed by atoms with van der Waals surface area (Å²) in [4.78, 5) is 14.9. The Balaban J connectivity index is 0.00000192. The second-order valence-corrected chi connectivity index (χ2v) is 7.43. The van der Waals surface area contributed by atoms with Gasteiger partial charge in [-0.05, 0) is 43.0 Å². The van der Waals surface area contributed by atoms with Crippen LogP contribution in [0.3, 0.4) is 0 Å². The number of rotatable bonds is 5. The number of benzene rings is 1. The fourth-order valence-corrected chi connectivity index (χ4v) is 4.38. The fraction of sp³-hybridized carbons (Fsp3) is 0.353. The number of halogens is 1. The molecule has 1 aromatic heterocycles. The molecule has 1 saturated heterocycles. The van der Waals surface area contributed by atoms with Gasteiger partial charge in [0.05, 0.1) is 5.56 Å². The molecule has 0 unspecified atom stereocenters. The van der Waals surface area contributed by atoms with Crippen LogP contribution in [0.2, 0.25) is 0 Å². The third-order valence-electron chi connectivity index (χ3n) is 3.71. The zero-order valence-corrected chi connectivity index (χ0v) is 15.2. The summed E-state index contributed by atoms with van der Waals surface area (Å²) in [6, 6.07) is 12.3. The van der Waals surface area contributed by atoms with Crippen LogP contribution in [0.5, 0.6) is 0 Å². The number of thioether (sulfide) groups is 1. The number of carbonyl (C=O) groups excluding carboxylic acids is 1. The largest absolute Gasteiger partial charge is 0.348 e. The van der Waals surface area contributed by atoms with Gasteiger partial charge >= 0.3 is 0 Å². The van der Waals surface area contributed by atoms with Crippen molar-refractivity contribution in [3.05, 3.63) is 52.2 Å². The van der Waals surface area contributed by atoms with Crippen LogP contribution in [0.1, 0.15) is 28.1 Å². The Hall–Kier alpha value is -1.01. The summed E-state index contributed by atoms with van der Waals surface area (Å²) in [5, 5.41) is 8.58. The molecular formula is C17H21ClN2OS2. The van der Waals surface area contributed by atoms with Crippen molar-refractivity contribution in [1.29, 1.82) is 0 Å². The van der Waals surface area contributed by atoms with Crippen LogP contribution in [0, 0.1) is 0 Å². The van der Waals surface area contributed by atoms with Gasteiger partial charge in [0.15, 0.2) is 0 Å². The van der Waals surface area contributed by atoms with Gasteiger partial charge in [0.1, 0.15) is 0 Å². The van der Waals surface area contributed by atoms with E-state index < -0.39 is 0 Å². The molecule has 1 amide bonds. The Labute approximate surface area is 151 Å². The molecule has 1 atom stereocenters. The Kier molecular flexibility index (Phi) is 7.43. The lowest BCUT2D eigenvalue weighted by atomic mass is 10.1. The van der Waals surface area contributed by atoms with Gasteiger partial charge in [0.25, 0.3) is 5.91 Å². The molecule has 2 heterocycles. The Morgan fingerprint density at radius 3 is 2.91 bits per heavy atom. The fourth-order valence-electron chi connectivity index (χ4n) is 2.56. The molecular weight excluding hydrogens is 348 g/mol. The van der Waals surface area contributed by atoms with E-state index in [0.717, 1.165) is 42.1 Å². The molecule has 0 radical (unpaired) electrons. The van der Waals surface area contributed by atoms with Crippen molar-refractivity contribution in [2.75, 3.05) is 13.1 Å². The predicted octanol–water partition coefficient (Wildman–Crippen LogP) is 3.94. The summed E-state index contributed by atoms with van der Waals surface area (Å²) >= 11 is 3.48. The molecule has 2 aromatic rings. The van der Waals surface area contributed by atoms with Gasteiger partial charge in [-0.2, -0.15) is 0 Å². The number of hydrogen-bond donors (Lipinski definition) is 2. The summed E-state index contributed by atoms with van der Waals surface area (Å²) in [5.41, 5.74) is 0.787. The van der Waals surface area contributed by atoms with Crippen LogP contribution < -0.4 is 10.6 Å². The van der Waals surface area contributed by atoms with E-state index in [0.29, 0.717) is 0 Å². The van der Waals surface area contributed by atoms with Gasteiger partial charge in [0.2, 0.25) is 0 Å². The van der Waals surface area contributed by atoms with Crippen LogP contribution in [0.25, 0.3) is 0 Å². The van der Waals surface area contributed by atoms with E-state index in [1.807, 2.05) is 24.3 Å². The Morgan fingerprint density at radius 1 is 1.30 bits per heavy atom. The van der Waals surface area contributed by atoms with Crippen molar-refractivity contribution < 1.29 is 4.79 Å². The lowest BCUT2D eigenvalue weighted by Gasteiger charge is -2.24. The van der Waals surface area contributed by atoms with Crippen molar-refractivity contribution in [3.63, 3.8) is 0 Å². The number of thiophene rings is 1. The molecule has 0 spiro atoms. The zero-order valence-electron chi connectivity index (χ0n) is 12.8. The first-order chi connectivity index (χ1) is 10.8. The maximum Gasteiger partial charge on any atom is 0.252 e. The number of carbonyl (C=O) groups is 1. The molecule has 3 rings (SSSR count). The maximum absolute atomic E-state index is 12.5. The van der Waals surface area contributed by atoms with Gasteiger partial charge in [-0.15, -0.1) is 35.5 Å². The standard InChI is InChI=1S/C17H20N2OS2.ClH/c20-17(19-13-5-3-9-18-11-13)15-7-1-2-8-16(15)22-12-14-6-4-10-21-14;/h1-2,4,6-8,10,13,18H,3,5,9,11-12H2,(H,19,20);1H/t13-;/m0./s1. The van der Waals surface area contributed by atoms with E-state index in [-0.39, 0.29) is 24.4 Å². The normalized spacial score (nSPS) is 17.3. The molecule has 1 aliphatic rings. The van der Waals surface area contributed by atoms with Crippen molar-refractivity contribution in [3.8, 4) is 0 Å². The smallest absolute Gasteiger partial charge is 0.252 e. The van der Waals surface area contributed by atoms with Crippen molar-refractivity contribution >= 4 is 41.4 Å². The summed E-state index contributed by atoms with van der Waals surface area (Å²) in [7, 11) is 0. The average Bonchev–Trinajstić information content (AvgIpc) is 3.07. The average molecular weight is 369 g/mol. The Morgan fingerprint density at radius 2 is 2.17 bits per heavy atom. The molecule has 1 aromatic carbocycles. The molecule has 3 nitrogen and oxygen atoms in total. The Bertz CT molecular complexity index is 613. The molecule has 23 heavy (non-hydrogen) atoms. The number of nitrogens with one attached hydrogen (secondary N) is 2. The number of hydrogen-bond acceptors (Lipinski definition) is 4. The first kappa shape index (κ1) is 18.3. The molecule has 1 fully saturated rings. The molecule has 2 N–H and O–H groups in total. The van der Waals surface area contributed by atoms with Crippen LogP contribution in [-0.2, 0) is 5.75 Å². The summed E-state index contributed by atoms with van der Waals surface area (Å²) in [5.74, 6) is 0.954. The highest BCUT2D eigenvalue weighted by Gasteiger charge is 2.18. The SMILES string of the molecule is Cl.O=C(N[C@H]1CCCNC1)c1ccccc1SCc1cccs1. The third-order valence-corrected chi connectivity index (χ3v) is 5.90. The minimum Gasteiger partial charge on any atom is -0.348 e. The minimum atomic E-state index is 0. The van der Waals surface area contributed by atoms with Gasteiger partial charge in [-0.25, -0.2) is 0 Å². The number of piperidine rings is 1. The highest BCUT2D eigenvalue weighted by Crippen LogP contribution is 2.28. The first-order valence-corrected chi connectivity index (χ1v) is 9.45. The second-order valence-electron chi connectivity index (χ2n) is 5.38. The van der Waals surface area contributed by atoms with E-state index in [2.05, 4.69) is 28.1 Å². The lowest BCUT2D eigenvalue weighted by Crippen LogP contribution is -2.45. The molecule has 0 saturated carbocycles. The quantitative estimate of drug-likeness (QED) is 0.785. The highest BCUT2D eigenvalue weighted by molar-refractivity contribution is 7.98. The van der Waals surface area contributed by atoms with Crippen LogP contribution in [0.4, 0.5) is 0 Å². The topological polar surface area (TPSA) is 41.1 Å². The van der Waals surface area contributed by atoms with Gasteiger partial charge in [0, 0.05) is 28.1 Å². The zero-order chi connectivity index (χ0) is 15.2. The lowest BCUT2D eigenvalue weighted by molar-refractivity contribution is 0.0927. The van der Waals surface area contributed by atoms with Gasteiger partial charge < -0.3 is 10.6 Å². The molecule has 1 aliphatic heterocycles. The highest BCUT2D eigenvalue weighted by atomic mass is 35.5. The van der Waals surface area contributed by atoms with Crippen molar-refractivity contribution in [1.82, 2.24) is 10.6 Å². The van der Waals surface area contributed by atoms with Crippen molar-refractivity contribution in [2.24, 2.45) is 0 Å². The minimum absolute atomic E-state index is 0. The summed E-state index contributed by atoms with van der Waals surface area (Å²) in [6.07, 6.45) is 2.18. The van der Waals surface area contributed by atoms with Crippen LogP contribution in [0.15, 0.2) is 46.7 Å². The summed E-state index contributed by atoms with van der Waals surface area (Å²) < 4.78 is 0. The van der Waals surface area contributed by atoms with E-state index in [9.17, 15) is 4.79 Å². The molecule has 0 aliphatic carbocycles. The molecule has 0 bridgehead atoms. The predicted molar refractivity (Wildman–Crippen MR) is 101 cm³/mol. The van der Waals surface area contributed by atoms with Gasteiger partial charge in [-0.1, -0.05) is 18.2 Å². The van der Waals surface area contributed by atoms with Gasteiger partial charge in [-0.3, -0.25) is 4.79 Å². The van der Waals surface area contributed by atoms with E-state index in [4.69, 9.17) is 0 Å². The van der Waals surface area contributed by atoms with Crippen LogP contribution in [-0.4, -0.2) is 25.0 Å². The monoisotopic (exact) mass is 368 g/mol. The second kappa shape index (κ2) is 9.33. The number of amides is 1. The van der Waals surface area contributed by atoms with E-state index in [1.165, 1.54) is 4.88 Å².